The van der Waals surface area contributed by atoms with Crippen molar-refractivity contribution in [3.63, 3.8) is 0 Å². The minimum Gasteiger partial charge on any atom is -0.495 e. The summed E-state index contributed by atoms with van der Waals surface area (Å²) in [4.78, 5) is 0. The molecule has 0 atom stereocenters. The van der Waals surface area contributed by atoms with Crippen LogP contribution in [0.3, 0.4) is 0 Å². The van der Waals surface area contributed by atoms with Crippen LogP contribution in [0.25, 0.3) is 5.76 Å². The second-order valence-corrected chi connectivity index (χ2v) is 3.78. The summed E-state index contributed by atoms with van der Waals surface area (Å²) in [5.41, 5.74) is 0.926. The van der Waals surface area contributed by atoms with Gasteiger partial charge in [0.2, 0.25) is 0 Å². The van der Waals surface area contributed by atoms with Crippen molar-refractivity contribution in [3.8, 4) is 11.5 Å². The fourth-order valence-electron chi connectivity index (χ4n) is 1.63. The van der Waals surface area contributed by atoms with Gasteiger partial charge in [-0.1, -0.05) is 11.6 Å². The van der Waals surface area contributed by atoms with Gasteiger partial charge in [-0.25, -0.2) is 0 Å². The molecule has 0 amide bonds. The molecule has 1 aromatic rings. The number of rotatable bonds is 3. The first-order valence-corrected chi connectivity index (χ1v) is 5.39. The molecule has 0 unspecified atom stereocenters. The fourth-order valence-corrected chi connectivity index (χ4v) is 1.89. The van der Waals surface area contributed by atoms with E-state index in [4.69, 9.17) is 25.8 Å². The molecule has 0 saturated carbocycles. The van der Waals surface area contributed by atoms with Crippen molar-refractivity contribution in [2.75, 3.05) is 20.8 Å². The summed E-state index contributed by atoms with van der Waals surface area (Å²) in [6.07, 6.45) is 2.98. The molecule has 4 heteroatoms. The molecule has 0 fully saturated rings. The van der Waals surface area contributed by atoms with Crippen molar-refractivity contribution in [2.24, 2.45) is 0 Å². The number of hydrogen-bond acceptors (Lipinski definition) is 3. The quantitative estimate of drug-likeness (QED) is 0.813. The predicted octanol–water partition coefficient (Wildman–Crippen LogP) is 3.12. The molecule has 2 rings (SSSR count). The van der Waals surface area contributed by atoms with Gasteiger partial charge in [-0.15, -0.1) is 0 Å². The van der Waals surface area contributed by atoms with E-state index in [1.165, 1.54) is 0 Å². The van der Waals surface area contributed by atoms with Gasteiger partial charge in [0.25, 0.3) is 0 Å². The molecule has 3 nitrogen and oxygen atoms in total. The highest BCUT2D eigenvalue weighted by atomic mass is 35.5. The van der Waals surface area contributed by atoms with Gasteiger partial charge in [-0.2, -0.15) is 0 Å². The monoisotopic (exact) mass is 240 g/mol. The van der Waals surface area contributed by atoms with E-state index in [2.05, 4.69) is 0 Å². The Bertz CT molecular complexity index is 401. The van der Waals surface area contributed by atoms with Crippen molar-refractivity contribution in [2.45, 2.75) is 6.42 Å². The molecule has 86 valence electrons. The maximum absolute atomic E-state index is 6.08. The smallest absolute Gasteiger partial charge is 0.141 e. The Kier molecular flexibility index (Phi) is 3.25. The third-order valence-electron chi connectivity index (χ3n) is 2.44. The molecule has 0 aromatic heterocycles. The van der Waals surface area contributed by atoms with E-state index in [1.807, 2.05) is 18.2 Å². The number of hydrogen-bond donors (Lipinski definition) is 0. The van der Waals surface area contributed by atoms with Crippen LogP contribution in [0.4, 0.5) is 0 Å². The van der Waals surface area contributed by atoms with Crippen LogP contribution in [0.2, 0.25) is 5.02 Å². The number of ether oxygens (including phenoxy) is 3. The van der Waals surface area contributed by atoms with Gasteiger partial charge in [-0.3, -0.25) is 0 Å². The lowest BCUT2D eigenvalue weighted by atomic mass is 10.1. The molecular formula is C12H13ClO3. The van der Waals surface area contributed by atoms with E-state index in [0.29, 0.717) is 16.5 Å². The predicted molar refractivity (Wildman–Crippen MR) is 63.1 cm³/mol. The Hall–Kier alpha value is -1.35. The van der Waals surface area contributed by atoms with Crippen LogP contribution < -0.4 is 9.47 Å². The van der Waals surface area contributed by atoms with Gasteiger partial charge >= 0.3 is 0 Å². The first-order chi connectivity index (χ1) is 7.76. The second-order valence-electron chi connectivity index (χ2n) is 3.40. The first kappa shape index (κ1) is 11.1. The molecular weight excluding hydrogens is 228 g/mol. The Morgan fingerprint density at radius 3 is 2.25 bits per heavy atom. The third kappa shape index (κ3) is 1.95. The van der Waals surface area contributed by atoms with Crippen LogP contribution in [0.5, 0.6) is 11.5 Å². The van der Waals surface area contributed by atoms with Gasteiger partial charge < -0.3 is 14.2 Å². The van der Waals surface area contributed by atoms with Gasteiger partial charge in [-0.05, 0) is 18.2 Å². The number of methoxy groups -OCH3 is 2. The average Bonchev–Trinajstić information content (AvgIpc) is 2.83. The Balaban J connectivity index is 2.46. The average molecular weight is 241 g/mol. The largest absolute Gasteiger partial charge is 0.495 e. The van der Waals surface area contributed by atoms with Gasteiger partial charge in [0.15, 0.2) is 0 Å². The summed E-state index contributed by atoms with van der Waals surface area (Å²) < 4.78 is 15.9. The number of halogens is 1. The summed E-state index contributed by atoms with van der Waals surface area (Å²) in [7, 11) is 3.16. The second kappa shape index (κ2) is 4.66. The van der Waals surface area contributed by atoms with E-state index in [-0.39, 0.29) is 0 Å². The van der Waals surface area contributed by atoms with E-state index < -0.39 is 0 Å². The van der Waals surface area contributed by atoms with Crippen molar-refractivity contribution >= 4 is 17.4 Å². The molecule has 1 aliphatic rings. The lowest BCUT2D eigenvalue weighted by Gasteiger charge is -2.11. The summed E-state index contributed by atoms with van der Waals surface area (Å²) in [5.74, 6) is 2.04. The highest BCUT2D eigenvalue weighted by Crippen LogP contribution is 2.38. The Morgan fingerprint density at radius 2 is 1.81 bits per heavy atom. The minimum atomic E-state index is 0.479. The molecule has 1 aliphatic heterocycles. The normalized spacial score (nSPS) is 14.3. The Labute approximate surface area is 99.6 Å². The molecule has 0 saturated heterocycles. The van der Waals surface area contributed by atoms with Gasteiger partial charge in [0.1, 0.15) is 22.3 Å². The van der Waals surface area contributed by atoms with Gasteiger partial charge in [0, 0.05) is 12.0 Å². The summed E-state index contributed by atoms with van der Waals surface area (Å²) in [5, 5.41) is 0.479. The van der Waals surface area contributed by atoms with Crippen LogP contribution >= 0.6 is 11.6 Å². The van der Waals surface area contributed by atoms with Gasteiger partial charge in [0.05, 0.1) is 20.8 Å². The van der Waals surface area contributed by atoms with Crippen LogP contribution in [-0.2, 0) is 4.74 Å². The summed E-state index contributed by atoms with van der Waals surface area (Å²) >= 11 is 6.08. The molecule has 0 N–H and O–H groups in total. The summed E-state index contributed by atoms with van der Waals surface area (Å²) in [6.45, 7) is 0.725. The highest BCUT2D eigenvalue weighted by Gasteiger charge is 2.15. The van der Waals surface area contributed by atoms with E-state index in [1.54, 1.807) is 14.2 Å². The minimum absolute atomic E-state index is 0.479. The SMILES string of the molecule is COc1cc(C2=CCCO2)cc(OC)c1Cl. The molecule has 0 aliphatic carbocycles. The first-order valence-electron chi connectivity index (χ1n) is 5.01. The maximum atomic E-state index is 6.08. The Morgan fingerprint density at radius 1 is 1.19 bits per heavy atom. The van der Waals surface area contributed by atoms with Crippen LogP contribution in [0.1, 0.15) is 12.0 Å². The molecule has 0 bridgehead atoms. The molecule has 1 aromatic carbocycles. The lowest BCUT2D eigenvalue weighted by molar-refractivity contribution is 0.307. The van der Waals surface area contributed by atoms with E-state index >= 15 is 0 Å². The zero-order valence-corrected chi connectivity index (χ0v) is 10.0. The van der Waals surface area contributed by atoms with Crippen molar-refractivity contribution in [1.82, 2.24) is 0 Å². The highest BCUT2D eigenvalue weighted by molar-refractivity contribution is 6.33. The number of benzene rings is 1. The summed E-state index contributed by atoms with van der Waals surface area (Å²) in [6, 6.07) is 3.70. The van der Waals surface area contributed by atoms with Crippen molar-refractivity contribution in [1.29, 1.82) is 0 Å². The lowest BCUT2D eigenvalue weighted by Crippen LogP contribution is -1.93. The molecule has 0 radical (unpaired) electrons. The van der Waals surface area contributed by atoms with Crippen LogP contribution in [-0.4, -0.2) is 20.8 Å². The van der Waals surface area contributed by atoms with Crippen LogP contribution in [0, 0.1) is 0 Å². The zero-order valence-electron chi connectivity index (χ0n) is 9.25. The van der Waals surface area contributed by atoms with E-state index in [9.17, 15) is 0 Å². The fraction of sp³-hybridized carbons (Fsp3) is 0.333. The molecule has 0 spiro atoms. The maximum Gasteiger partial charge on any atom is 0.141 e. The van der Waals surface area contributed by atoms with Crippen LogP contribution in [0.15, 0.2) is 18.2 Å². The van der Waals surface area contributed by atoms with Crippen molar-refractivity contribution in [3.05, 3.63) is 28.8 Å². The topological polar surface area (TPSA) is 27.7 Å². The molecule has 1 heterocycles. The zero-order chi connectivity index (χ0) is 11.5. The standard InChI is InChI=1S/C12H13ClO3/c1-14-10-6-8(9-4-3-5-16-9)7-11(15-2)12(10)13/h4,6-7H,3,5H2,1-2H3. The third-order valence-corrected chi connectivity index (χ3v) is 2.81. The molecule has 16 heavy (non-hydrogen) atoms. The van der Waals surface area contributed by atoms with Crippen molar-refractivity contribution < 1.29 is 14.2 Å². The van der Waals surface area contributed by atoms with E-state index in [0.717, 1.165) is 24.4 Å².